The number of nitrogens with one attached hydrogen (secondary N) is 1. The normalized spacial score (nSPS) is 17.1. The van der Waals surface area contributed by atoms with Gasteiger partial charge in [-0.25, -0.2) is 0 Å². The van der Waals surface area contributed by atoms with Gasteiger partial charge in [-0.05, 0) is 18.2 Å². The van der Waals surface area contributed by atoms with Crippen LogP contribution >= 0.6 is 11.6 Å². The number of piperazine rings is 1. The van der Waals surface area contributed by atoms with Gasteiger partial charge >= 0.3 is 0 Å². The van der Waals surface area contributed by atoms with Crippen molar-refractivity contribution in [3.8, 4) is 5.75 Å². The Morgan fingerprint density at radius 2 is 1.88 bits per heavy atom. The first-order valence-electron chi connectivity index (χ1n) is 8.16. The Labute approximate surface area is 151 Å². The van der Waals surface area contributed by atoms with Crippen LogP contribution < -0.4 is 10.1 Å². The maximum atomic E-state index is 12.7. The summed E-state index contributed by atoms with van der Waals surface area (Å²) in [6.45, 7) is 1.15. The predicted octanol–water partition coefficient (Wildman–Crippen LogP) is 2.81. The number of hydrogen-bond acceptors (Lipinski definition) is 3. The minimum Gasteiger partial charge on any atom is -0.493 e. The molecule has 1 aliphatic heterocycles. The molecule has 3 rings (SSSR count). The molecule has 5 nitrogen and oxygen atoms in total. The molecule has 0 aromatic heterocycles. The molecule has 0 spiro atoms. The number of amides is 2. The van der Waals surface area contributed by atoms with E-state index in [1.54, 1.807) is 23.1 Å². The van der Waals surface area contributed by atoms with Crippen molar-refractivity contribution < 1.29 is 14.3 Å². The molecule has 2 amide bonds. The molecule has 1 saturated heterocycles. The molecule has 1 unspecified atom stereocenters. The molecule has 2 aromatic carbocycles. The second kappa shape index (κ2) is 8.03. The largest absolute Gasteiger partial charge is 0.493 e. The number of ether oxygens (including phenoxy) is 1. The third kappa shape index (κ3) is 4.12. The van der Waals surface area contributed by atoms with Crippen molar-refractivity contribution in [1.29, 1.82) is 0 Å². The van der Waals surface area contributed by atoms with Gasteiger partial charge in [0, 0.05) is 23.7 Å². The maximum absolute atomic E-state index is 12.7. The van der Waals surface area contributed by atoms with E-state index in [1.165, 1.54) is 0 Å². The molecule has 6 heteroatoms. The van der Waals surface area contributed by atoms with E-state index in [1.807, 2.05) is 36.4 Å². The summed E-state index contributed by atoms with van der Waals surface area (Å²) >= 11 is 6.23. The van der Waals surface area contributed by atoms with E-state index in [-0.39, 0.29) is 24.8 Å². The average Bonchev–Trinajstić information content (AvgIpc) is 2.63. The SMILES string of the molecule is O=C1NCCN(C(=O)CCOc2ccccc2)C1c1ccccc1Cl. The molecule has 1 heterocycles. The highest BCUT2D eigenvalue weighted by atomic mass is 35.5. The molecule has 130 valence electrons. The number of nitrogens with zero attached hydrogens (tertiary/aromatic N) is 1. The van der Waals surface area contributed by atoms with Gasteiger partial charge in [0.2, 0.25) is 11.8 Å². The Balaban J connectivity index is 1.69. The van der Waals surface area contributed by atoms with Crippen molar-refractivity contribution in [3.63, 3.8) is 0 Å². The Kier molecular flexibility index (Phi) is 5.56. The third-order valence-electron chi connectivity index (χ3n) is 4.06. The van der Waals surface area contributed by atoms with Gasteiger partial charge < -0.3 is 15.0 Å². The van der Waals surface area contributed by atoms with Gasteiger partial charge in [-0.1, -0.05) is 48.0 Å². The minimum absolute atomic E-state index is 0.129. The van der Waals surface area contributed by atoms with E-state index in [0.717, 1.165) is 0 Å². The van der Waals surface area contributed by atoms with Gasteiger partial charge in [0.1, 0.15) is 11.8 Å². The number of benzene rings is 2. The zero-order valence-electron chi connectivity index (χ0n) is 13.7. The quantitative estimate of drug-likeness (QED) is 0.894. The Bertz CT molecular complexity index is 751. The van der Waals surface area contributed by atoms with Gasteiger partial charge in [-0.15, -0.1) is 0 Å². The molecule has 1 aliphatic rings. The number of rotatable bonds is 5. The fraction of sp³-hybridized carbons (Fsp3) is 0.263. The number of halogens is 1. The highest BCUT2D eigenvalue weighted by molar-refractivity contribution is 6.31. The second-order valence-corrected chi connectivity index (χ2v) is 6.12. The topological polar surface area (TPSA) is 58.6 Å². The fourth-order valence-electron chi connectivity index (χ4n) is 2.86. The van der Waals surface area contributed by atoms with E-state index in [2.05, 4.69) is 5.32 Å². The summed E-state index contributed by atoms with van der Waals surface area (Å²) in [5.41, 5.74) is 0.638. The average molecular weight is 359 g/mol. The molecule has 2 aromatic rings. The molecule has 0 saturated carbocycles. The summed E-state index contributed by atoms with van der Waals surface area (Å²) < 4.78 is 5.58. The van der Waals surface area contributed by atoms with Crippen LogP contribution in [-0.2, 0) is 9.59 Å². The van der Waals surface area contributed by atoms with Crippen LogP contribution in [0.3, 0.4) is 0 Å². The molecule has 1 fully saturated rings. The summed E-state index contributed by atoms with van der Waals surface area (Å²) in [5.74, 6) is 0.377. The molecular formula is C19H19ClN2O3. The van der Waals surface area contributed by atoms with Crippen molar-refractivity contribution in [2.75, 3.05) is 19.7 Å². The predicted molar refractivity (Wildman–Crippen MR) is 95.5 cm³/mol. The number of carbonyl (C=O) groups is 2. The lowest BCUT2D eigenvalue weighted by molar-refractivity contribution is -0.143. The van der Waals surface area contributed by atoms with Crippen LogP contribution in [0, 0.1) is 0 Å². The van der Waals surface area contributed by atoms with Gasteiger partial charge in [0.15, 0.2) is 0 Å². The van der Waals surface area contributed by atoms with Crippen LogP contribution in [0.25, 0.3) is 0 Å². The zero-order chi connectivity index (χ0) is 17.6. The van der Waals surface area contributed by atoms with E-state index in [4.69, 9.17) is 16.3 Å². The monoisotopic (exact) mass is 358 g/mol. The lowest BCUT2D eigenvalue weighted by Gasteiger charge is -2.35. The number of carbonyl (C=O) groups excluding carboxylic acids is 2. The van der Waals surface area contributed by atoms with Crippen LogP contribution in [0.4, 0.5) is 0 Å². The van der Waals surface area contributed by atoms with Crippen LogP contribution in [-0.4, -0.2) is 36.4 Å². The first kappa shape index (κ1) is 17.3. The van der Waals surface area contributed by atoms with Gasteiger partial charge in [0.25, 0.3) is 0 Å². The summed E-state index contributed by atoms with van der Waals surface area (Å²) in [5, 5.41) is 3.28. The summed E-state index contributed by atoms with van der Waals surface area (Å²) in [6.07, 6.45) is 0.198. The highest BCUT2D eigenvalue weighted by Gasteiger charge is 2.35. The number of hydrogen-bond donors (Lipinski definition) is 1. The first-order chi connectivity index (χ1) is 12.2. The van der Waals surface area contributed by atoms with Crippen LogP contribution in [0.1, 0.15) is 18.0 Å². The lowest BCUT2D eigenvalue weighted by atomic mass is 10.0. The first-order valence-corrected chi connectivity index (χ1v) is 8.54. The van der Waals surface area contributed by atoms with Crippen molar-refractivity contribution in [2.45, 2.75) is 12.5 Å². The maximum Gasteiger partial charge on any atom is 0.247 e. The molecule has 25 heavy (non-hydrogen) atoms. The fourth-order valence-corrected chi connectivity index (χ4v) is 3.10. The van der Waals surface area contributed by atoms with Crippen molar-refractivity contribution in [3.05, 3.63) is 65.2 Å². The van der Waals surface area contributed by atoms with Crippen LogP contribution in [0.5, 0.6) is 5.75 Å². The van der Waals surface area contributed by atoms with E-state index in [9.17, 15) is 9.59 Å². The second-order valence-electron chi connectivity index (χ2n) is 5.71. The molecule has 0 aliphatic carbocycles. The summed E-state index contributed by atoms with van der Waals surface area (Å²) in [7, 11) is 0. The molecule has 1 atom stereocenters. The van der Waals surface area contributed by atoms with E-state index >= 15 is 0 Å². The van der Waals surface area contributed by atoms with Crippen molar-refractivity contribution in [1.82, 2.24) is 10.2 Å². The van der Waals surface area contributed by atoms with Crippen molar-refractivity contribution in [2.24, 2.45) is 0 Å². The van der Waals surface area contributed by atoms with E-state index in [0.29, 0.717) is 29.4 Å². The smallest absolute Gasteiger partial charge is 0.247 e. The summed E-state index contributed by atoms with van der Waals surface area (Å²) in [4.78, 5) is 26.6. The Morgan fingerprint density at radius 3 is 2.64 bits per heavy atom. The lowest BCUT2D eigenvalue weighted by Crippen LogP contribution is -2.52. The molecule has 0 bridgehead atoms. The standard InChI is InChI=1S/C19H19ClN2O3/c20-16-9-5-4-8-15(16)18-19(24)21-11-12-22(18)17(23)10-13-25-14-6-2-1-3-7-14/h1-9,18H,10-13H2,(H,21,24). The Morgan fingerprint density at radius 1 is 1.16 bits per heavy atom. The van der Waals surface area contributed by atoms with Gasteiger partial charge in [-0.3, -0.25) is 9.59 Å². The van der Waals surface area contributed by atoms with Crippen LogP contribution in [0.2, 0.25) is 5.02 Å². The zero-order valence-corrected chi connectivity index (χ0v) is 14.4. The van der Waals surface area contributed by atoms with E-state index < -0.39 is 6.04 Å². The van der Waals surface area contributed by atoms with Gasteiger partial charge in [-0.2, -0.15) is 0 Å². The van der Waals surface area contributed by atoms with Crippen molar-refractivity contribution >= 4 is 23.4 Å². The number of para-hydroxylation sites is 1. The minimum atomic E-state index is -0.702. The van der Waals surface area contributed by atoms with Crippen LogP contribution in [0.15, 0.2) is 54.6 Å². The highest BCUT2D eigenvalue weighted by Crippen LogP contribution is 2.29. The Hall–Kier alpha value is -2.53. The van der Waals surface area contributed by atoms with Gasteiger partial charge in [0.05, 0.1) is 13.0 Å². The summed E-state index contributed by atoms with van der Waals surface area (Å²) in [6, 6.07) is 15.7. The molecular weight excluding hydrogens is 340 g/mol. The molecule has 0 radical (unpaired) electrons. The molecule has 1 N–H and O–H groups in total. The third-order valence-corrected chi connectivity index (χ3v) is 4.40.